The fraction of sp³-hybridized carbons (Fsp3) is 0.242. The minimum absolute atomic E-state index is 0.0312. The molecule has 1 fully saturated rings. The van der Waals surface area contributed by atoms with Gasteiger partial charge in [0.1, 0.15) is 0 Å². The number of hydrogen-bond donors (Lipinski definition) is 3. The van der Waals surface area contributed by atoms with Gasteiger partial charge < -0.3 is 25.8 Å². The van der Waals surface area contributed by atoms with Gasteiger partial charge in [0.15, 0.2) is 5.13 Å². The summed E-state index contributed by atoms with van der Waals surface area (Å²) in [5.74, 6) is 0.381. The number of fused-ring (bicyclic) bond motifs is 1. The maximum atomic E-state index is 12.8. The monoisotopic (exact) mass is 618 g/mol. The number of carbonyl (C=O) groups excluding carboxylic acids is 1. The number of aromatic nitrogens is 3. The number of thiazole rings is 1. The number of aliphatic imine (C=N–C) groups is 1. The van der Waals surface area contributed by atoms with E-state index in [9.17, 15) is 4.79 Å². The number of rotatable bonds is 9. The second kappa shape index (κ2) is 14.1. The largest absolute Gasteiger partial charge is 0.350 e. The zero-order chi connectivity index (χ0) is 31.0. The molecule has 2 aromatic carbocycles. The van der Waals surface area contributed by atoms with E-state index in [0.717, 1.165) is 76.1 Å². The number of likely N-dealkylation sites (N-methyl/N-ethyl adjacent to an activating group) is 1. The Bertz CT molecular complexity index is 1830. The highest BCUT2D eigenvalue weighted by atomic mass is 32.1. The van der Waals surface area contributed by atoms with Crippen molar-refractivity contribution in [2.45, 2.75) is 13.0 Å². The molecule has 4 heterocycles. The summed E-state index contributed by atoms with van der Waals surface area (Å²) in [5.41, 5.74) is 4.72. The Hall–Kier alpha value is -5.09. The smallest absolute Gasteiger partial charge is 0.225 e. The molecule has 228 valence electrons. The molecule has 6 rings (SSSR count). The van der Waals surface area contributed by atoms with Crippen LogP contribution in [0.3, 0.4) is 0 Å². The van der Waals surface area contributed by atoms with Gasteiger partial charge in [-0.1, -0.05) is 35.6 Å². The topological polar surface area (TPSA) is 126 Å². The Labute approximate surface area is 265 Å². The van der Waals surface area contributed by atoms with Crippen LogP contribution in [0.15, 0.2) is 90.4 Å². The van der Waals surface area contributed by atoms with Gasteiger partial charge >= 0.3 is 0 Å². The number of pyridine rings is 1. The Morgan fingerprint density at radius 3 is 2.67 bits per heavy atom. The molecule has 0 bridgehead atoms. The van der Waals surface area contributed by atoms with Crippen LogP contribution in [-0.2, 0) is 11.3 Å². The van der Waals surface area contributed by atoms with Crippen LogP contribution in [0.1, 0.15) is 11.3 Å². The van der Waals surface area contributed by atoms with Gasteiger partial charge in [0.05, 0.1) is 12.1 Å². The van der Waals surface area contributed by atoms with Crippen molar-refractivity contribution in [1.82, 2.24) is 29.7 Å². The Morgan fingerprint density at radius 2 is 1.84 bits per heavy atom. The third kappa shape index (κ3) is 7.53. The van der Waals surface area contributed by atoms with Crippen molar-refractivity contribution in [2.75, 3.05) is 50.4 Å². The molecule has 0 unspecified atom stereocenters. The van der Waals surface area contributed by atoms with Crippen LogP contribution in [0.5, 0.6) is 0 Å². The van der Waals surface area contributed by atoms with Crippen molar-refractivity contribution >= 4 is 45.5 Å². The summed E-state index contributed by atoms with van der Waals surface area (Å²) >= 11 is 1.56. The summed E-state index contributed by atoms with van der Waals surface area (Å²) in [6.07, 6.45) is 9.50. The van der Waals surface area contributed by atoms with E-state index >= 15 is 0 Å². The highest BCUT2D eigenvalue weighted by Crippen LogP contribution is 2.33. The average molecular weight is 619 g/mol. The number of nitrogens with one attached hydrogen (secondary N) is 3. The van der Waals surface area contributed by atoms with Gasteiger partial charge in [0.25, 0.3) is 0 Å². The fourth-order valence-electron chi connectivity index (χ4n) is 5.30. The van der Waals surface area contributed by atoms with Gasteiger partial charge in [0.2, 0.25) is 18.1 Å². The molecule has 0 atom stereocenters. The minimum Gasteiger partial charge on any atom is -0.350 e. The molecular weight excluding hydrogens is 584 g/mol. The molecule has 0 saturated carbocycles. The Morgan fingerprint density at radius 1 is 1.02 bits per heavy atom. The predicted molar refractivity (Wildman–Crippen MR) is 179 cm³/mol. The molecule has 0 spiro atoms. The second-order valence-electron chi connectivity index (χ2n) is 10.8. The van der Waals surface area contributed by atoms with Crippen molar-refractivity contribution in [3.8, 4) is 22.5 Å². The van der Waals surface area contributed by atoms with Gasteiger partial charge in [-0.3, -0.25) is 14.3 Å². The van der Waals surface area contributed by atoms with E-state index in [0.29, 0.717) is 18.9 Å². The van der Waals surface area contributed by atoms with Crippen molar-refractivity contribution in [3.63, 3.8) is 0 Å². The molecule has 0 radical (unpaired) electrons. The molecule has 0 aliphatic carbocycles. The van der Waals surface area contributed by atoms with E-state index in [2.05, 4.69) is 76.6 Å². The molecule has 3 aromatic heterocycles. The zero-order valence-electron chi connectivity index (χ0n) is 25.0. The maximum absolute atomic E-state index is 12.8. The van der Waals surface area contributed by atoms with Crippen molar-refractivity contribution in [1.29, 1.82) is 5.26 Å². The van der Waals surface area contributed by atoms with E-state index < -0.39 is 0 Å². The average Bonchev–Trinajstić information content (AvgIpc) is 3.71. The van der Waals surface area contributed by atoms with Gasteiger partial charge in [-0.25, -0.2) is 4.98 Å². The van der Waals surface area contributed by atoms with Crippen molar-refractivity contribution in [2.24, 2.45) is 4.99 Å². The number of carbonyl (C=O) groups is 1. The minimum atomic E-state index is 0.0312. The molecule has 12 heteroatoms. The first-order valence-corrected chi connectivity index (χ1v) is 15.6. The summed E-state index contributed by atoms with van der Waals surface area (Å²) in [4.78, 5) is 30.9. The summed E-state index contributed by atoms with van der Waals surface area (Å²) in [5, 5.41) is 20.4. The van der Waals surface area contributed by atoms with E-state index in [4.69, 9.17) is 5.26 Å². The standard InChI is InChI=1S/C33H34N10OS/c1-41-16-18-42(19-17-41)14-11-31(44)39-26-5-2-4-24(20-26)28-6-3-7-30-29(28)10-15-43(30)33-37-22-27(45-33)21-36-32(38-23-34)40-25-8-12-35-13-9-25/h2-10,12-13,15,20,22H,11,14,16-19,21H2,1H3,(H,39,44)(H2,35,36,38,40). The Kier molecular flexibility index (Phi) is 9.41. The van der Waals surface area contributed by atoms with Crippen LogP contribution >= 0.6 is 11.3 Å². The number of hydrogen-bond acceptors (Lipinski definition) is 8. The number of piperazine rings is 1. The lowest BCUT2D eigenvalue weighted by atomic mass is 10.0. The van der Waals surface area contributed by atoms with Gasteiger partial charge in [-0.2, -0.15) is 5.26 Å². The zero-order valence-corrected chi connectivity index (χ0v) is 25.8. The van der Waals surface area contributed by atoms with Crippen molar-refractivity contribution in [3.05, 3.63) is 90.3 Å². The molecule has 45 heavy (non-hydrogen) atoms. The van der Waals surface area contributed by atoms with Crippen LogP contribution in [-0.4, -0.2) is 76.0 Å². The fourth-order valence-corrected chi connectivity index (χ4v) is 6.15. The summed E-state index contributed by atoms with van der Waals surface area (Å²) in [6, 6.07) is 19.9. The number of benzene rings is 2. The van der Waals surface area contributed by atoms with Crippen LogP contribution in [0, 0.1) is 11.5 Å². The number of nitrogens with zero attached hydrogens (tertiary/aromatic N) is 7. The molecule has 1 aliphatic heterocycles. The van der Waals surface area contributed by atoms with Gasteiger partial charge in [0, 0.05) is 85.6 Å². The lowest BCUT2D eigenvalue weighted by Crippen LogP contribution is -2.45. The van der Waals surface area contributed by atoms with E-state index in [1.54, 1.807) is 35.9 Å². The van der Waals surface area contributed by atoms with Crippen LogP contribution < -0.4 is 16.0 Å². The van der Waals surface area contributed by atoms with E-state index in [-0.39, 0.29) is 5.91 Å². The molecular formula is C33H34N10OS. The molecule has 1 aliphatic rings. The summed E-state index contributed by atoms with van der Waals surface area (Å²) in [6.45, 7) is 5.33. The van der Waals surface area contributed by atoms with Gasteiger partial charge in [-0.15, -0.1) is 4.99 Å². The van der Waals surface area contributed by atoms with Gasteiger partial charge in [-0.05, 0) is 54.6 Å². The quantitative estimate of drug-likeness (QED) is 0.123. The summed E-state index contributed by atoms with van der Waals surface area (Å²) in [7, 11) is 2.14. The molecule has 1 amide bonds. The van der Waals surface area contributed by atoms with Crippen molar-refractivity contribution < 1.29 is 4.79 Å². The molecule has 11 nitrogen and oxygen atoms in total. The first-order valence-electron chi connectivity index (χ1n) is 14.8. The third-order valence-electron chi connectivity index (χ3n) is 7.72. The molecule has 1 saturated heterocycles. The normalized spacial score (nSPS) is 14.3. The predicted octanol–water partition coefficient (Wildman–Crippen LogP) is 4.76. The highest BCUT2D eigenvalue weighted by molar-refractivity contribution is 7.14. The first kappa shape index (κ1) is 30.0. The number of amides is 1. The Balaban J connectivity index is 1.12. The van der Waals surface area contributed by atoms with Crippen LogP contribution in [0.25, 0.3) is 27.2 Å². The van der Waals surface area contributed by atoms with E-state index in [1.807, 2.05) is 42.9 Å². The lowest BCUT2D eigenvalue weighted by Gasteiger charge is -2.32. The van der Waals surface area contributed by atoms with Crippen LogP contribution in [0.2, 0.25) is 0 Å². The summed E-state index contributed by atoms with van der Waals surface area (Å²) < 4.78 is 2.08. The lowest BCUT2D eigenvalue weighted by molar-refractivity contribution is -0.116. The number of nitriles is 1. The molecule has 3 N–H and O–H groups in total. The van der Waals surface area contributed by atoms with E-state index in [1.165, 1.54) is 0 Å². The molecule has 5 aromatic rings. The highest BCUT2D eigenvalue weighted by Gasteiger charge is 2.16. The second-order valence-corrected chi connectivity index (χ2v) is 11.9. The SMILES string of the molecule is CN1CCN(CCC(=O)Nc2cccc(-c3cccc4c3ccn4-c3ncc(CN/C(=N\C#N)Nc4ccncc4)s3)c2)CC1. The number of anilines is 2. The maximum Gasteiger partial charge on any atom is 0.225 e. The third-order valence-corrected chi connectivity index (χ3v) is 8.72. The first-order chi connectivity index (χ1) is 22.1. The van der Waals surface area contributed by atoms with Crippen LogP contribution in [0.4, 0.5) is 11.4 Å². The number of guanidine groups is 1.